The third-order valence-corrected chi connectivity index (χ3v) is 5.06. The number of nitrogens with zero attached hydrogens (tertiary/aromatic N) is 4. The summed E-state index contributed by atoms with van der Waals surface area (Å²) in [6.45, 7) is 8.40. The Morgan fingerprint density at radius 1 is 1.20 bits per heavy atom. The predicted octanol–water partition coefficient (Wildman–Crippen LogP) is 1.83. The van der Waals surface area contributed by atoms with Crippen LogP contribution in [-0.4, -0.2) is 55.5 Å². The number of aryl methyl sites for hydroxylation is 3. The number of fused-ring (bicyclic) bond motifs is 1. The van der Waals surface area contributed by atoms with E-state index in [4.69, 9.17) is 9.47 Å². The van der Waals surface area contributed by atoms with Crippen LogP contribution in [0.15, 0.2) is 6.33 Å². The van der Waals surface area contributed by atoms with Crippen molar-refractivity contribution in [3.05, 3.63) is 45.8 Å². The highest BCUT2D eigenvalue weighted by Gasteiger charge is 2.27. The van der Waals surface area contributed by atoms with Crippen molar-refractivity contribution in [2.75, 3.05) is 7.11 Å². The zero-order valence-electron chi connectivity index (χ0n) is 17.7. The second-order valence-electron chi connectivity index (χ2n) is 7.02. The minimum absolute atomic E-state index is 0.0613. The van der Waals surface area contributed by atoms with Crippen LogP contribution in [0.4, 0.5) is 0 Å². The molecule has 3 aromatic rings. The third kappa shape index (κ3) is 3.68. The molecule has 3 rings (SSSR count). The van der Waals surface area contributed by atoms with E-state index < -0.39 is 23.8 Å². The zero-order valence-corrected chi connectivity index (χ0v) is 17.7. The standard InChI is InChI=1S/C20H23N5O5/c1-9-16(19(28)29-6)11(3)23-17(9)18(27)13(5)30-15(26)7-14-10(2)24-20-21-8-22-25(20)12(14)4/h8,13,23H,7H2,1-6H3/t13-/m1/s1. The number of hydrogen-bond donors (Lipinski definition) is 1. The molecular formula is C20H23N5O5. The molecule has 0 radical (unpaired) electrons. The van der Waals surface area contributed by atoms with Gasteiger partial charge >= 0.3 is 11.9 Å². The van der Waals surface area contributed by atoms with Gasteiger partial charge in [-0.25, -0.2) is 14.3 Å². The lowest BCUT2D eigenvalue weighted by molar-refractivity contribution is -0.145. The number of ketones is 1. The highest BCUT2D eigenvalue weighted by molar-refractivity contribution is 6.04. The second kappa shape index (κ2) is 8.05. The monoisotopic (exact) mass is 413 g/mol. The minimum Gasteiger partial charge on any atom is -0.465 e. The van der Waals surface area contributed by atoms with E-state index in [1.54, 1.807) is 25.3 Å². The Hall–Kier alpha value is -3.56. The zero-order chi connectivity index (χ0) is 22.2. The maximum atomic E-state index is 12.8. The van der Waals surface area contributed by atoms with Gasteiger partial charge in [-0.3, -0.25) is 9.59 Å². The number of esters is 2. The van der Waals surface area contributed by atoms with E-state index in [0.29, 0.717) is 33.9 Å². The molecule has 1 atom stereocenters. The summed E-state index contributed by atoms with van der Waals surface area (Å²) in [6, 6.07) is 0. The molecule has 30 heavy (non-hydrogen) atoms. The molecule has 0 aliphatic heterocycles. The van der Waals surface area contributed by atoms with E-state index in [9.17, 15) is 14.4 Å². The minimum atomic E-state index is -1.04. The lowest BCUT2D eigenvalue weighted by Gasteiger charge is -2.14. The predicted molar refractivity (Wildman–Crippen MR) is 105 cm³/mol. The van der Waals surface area contributed by atoms with E-state index in [1.165, 1.54) is 20.4 Å². The van der Waals surface area contributed by atoms with E-state index in [1.807, 2.05) is 6.92 Å². The molecule has 0 aliphatic rings. The molecule has 0 saturated heterocycles. The maximum absolute atomic E-state index is 12.8. The van der Waals surface area contributed by atoms with Crippen molar-refractivity contribution in [3.8, 4) is 0 Å². The lowest BCUT2D eigenvalue weighted by atomic mass is 10.1. The quantitative estimate of drug-likeness (QED) is 0.479. The van der Waals surface area contributed by atoms with Gasteiger partial charge in [0.15, 0.2) is 6.10 Å². The average molecular weight is 413 g/mol. The van der Waals surface area contributed by atoms with Crippen molar-refractivity contribution in [2.45, 2.75) is 47.1 Å². The highest BCUT2D eigenvalue weighted by Crippen LogP contribution is 2.21. The van der Waals surface area contributed by atoms with Gasteiger partial charge in [-0.15, -0.1) is 0 Å². The van der Waals surface area contributed by atoms with Crippen LogP contribution < -0.4 is 0 Å². The number of H-pyrrole nitrogens is 1. The maximum Gasteiger partial charge on any atom is 0.339 e. The Kier molecular flexibility index (Phi) is 5.68. The van der Waals surface area contributed by atoms with E-state index in [0.717, 1.165) is 5.69 Å². The summed E-state index contributed by atoms with van der Waals surface area (Å²) in [5.74, 6) is -1.09. The molecule has 0 spiro atoms. The van der Waals surface area contributed by atoms with Crippen LogP contribution in [0, 0.1) is 27.7 Å². The molecule has 0 fully saturated rings. The first-order chi connectivity index (χ1) is 14.1. The summed E-state index contributed by atoms with van der Waals surface area (Å²) >= 11 is 0. The number of carbonyl (C=O) groups excluding carboxylic acids is 3. The van der Waals surface area contributed by atoms with Crippen LogP contribution in [0.3, 0.4) is 0 Å². The topological polar surface area (TPSA) is 129 Å². The Balaban J connectivity index is 1.77. The summed E-state index contributed by atoms with van der Waals surface area (Å²) < 4.78 is 11.7. The summed E-state index contributed by atoms with van der Waals surface area (Å²) in [6.07, 6.45) is 0.290. The van der Waals surface area contributed by atoms with Gasteiger partial charge in [-0.2, -0.15) is 10.1 Å². The molecule has 3 heterocycles. The smallest absolute Gasteiger partial charge is 0.339 e. The first kappa shape index (κ1) is 21.2. The van der Waals surface area contributed by atoms with Crippen molar-refractivity contribution >= 4 is 23.5 Å². The third-order valence-electron chi connectivity index (χ3n) is 5.06. The molecule has 0 saturated carbocycles. The number of Topliss-reactive ketones (excluding diaryl/α,β-unsaturated/α-hetero) is 1. The number of nitrogens with one attached hydrogen (secondary N) is 1. The Morgan fingerprint density at radius 2 is 1.90 bits per heavy atom. The van der Waals surface area contributed by atoms with Gasteiger partial charge in [-0.05, 0) is 40.2 Å². The Labute approximate surface area is 172 Å². The first-order valence-corrected chi connectivity index (χ1v) is 9.32. The summed E-state index contributed by atoms with van der Waals surface area (Å²) in [5.41, 5.74) is 3.52. The normalized spacial score (nSPS) is 12.1. The van der Waals surface area contributed by atoms with E-state index in [2.05, 4.69) is 20.1 Å². The number of aromatic amines is 1. The lowest BCUT2D eigenvalue weighted by Crippen LogP contribution is -2.26. The van der Waals surface area contributed by atoms with Crippen LogP contribution in [-0.2, 0) is 20.7 Å². The molecule has 10 nitrogen and oxygen atoms in total. The van der Waals surface area contributed by atoms with Gasteiger partial charge in [0.2, 0.25) is 5.78 Å². The van der Waals surface area contributed by atoms with Gasteiger partial charge in [0, 0.05) is 22.6 Å². The average Bonchev–Trinajstić information content (AvgIpc) is 3.27. The van der Waals surface area contributed by atoms with Crippen molar-refractivity contribution in [1.82, 2.24) is 24.6 Å². The molecule has 0 aromatic carbocycles. The second-order valence-corrected chi connectivity index (χ2v) is 7.02. The number of hydrogen-bond acceptors (Lipinski definition) is 8. The summed E-state index contributed by atoms with van der Waals surface area (Å²) in [4.78, 5) is 48.5. The van der Waals surface area contributed by atoms with E-state index >= 15 is 0 Å². The fraction of sp³-hybridized carbons (Fsp3) is 0.400. The molecular weight excluding hydrogens is 390 g/mol. The van der Waals surface area contributed by atoms with Crippen LogP contribution in [0.1, 0.15) is 56.0 Å². The molecule has 3 aromatic heterocycles. The van der Waals surface area contributed by atoms with Gasteiger partial charge in [-0.1, -0.05) is 0 Å². The SMILES string of the molecule is COC(=O)c1c(C)[nH]c(C(=O)[C@@H](C)OC(=O)Cc2c(C)nc3ncnn3c2C)c1C. The largest absolute Gasteiger partial charge is 0.465 e. The molecule has 0 unspecified atom stereocenters. The van der Waals surface area contributed by atoms with Gasteiger partial charge in [0.1, 0.15) is 6.33 Å². The van der Waals surface area contributed by atoms with Crippen molar-refractivity contribution < 1.29 is 23.9 Å². The summed E-state index contributed by atoms with van der Waals surface area (Å²) in [7, 11) is 1.27. The van der Waals surface area contributed by atoms with Crippen LogP contribution in [0.25, 0.3) is 5.78 Å². The van der Waals surface area contributed by atoms with Crippen LogP contribution in [0.5, 0.6) is 0 Å². The number of carbonyl (C=O) groups is 3. The Bertz CT molecular complexity index is 1160. The van der Waals surface area contributed by atoms with Gasteiger partial charge in [0.05, 0.1) is 24.8 Å². The summed E-state index contributed by atoms with van der Waals surface area (Å²) in [5, 5.41) is 4.09. The number of ether oxygens (including phenoxy) is 2. The van der Waals surface area contributed by atoms with Crippen molar-refractivity contribution in [1.29, 1.82) is 0 Å². The Morgan fingerprint density at radius 3 is 2.57 bits per heavy atom. The molecule has 10 heteroatoms. The molecule has 0 amide bonds. The molecule has 1 N–H and O–H groups in total. The highest BCUT2D eigenvalue weighted by atomic mass is 16.5. The molecule has 0 aliphatic carbocycles. The van der Waals surface area contributed by atoms with Crippen LogP contribution in [0.2, 0.25) is 0 Å². The fourth-order valence-corrected chi connectivity index (χ4v) is 3.46. The molecule has 0 bridgehead atoms. The molecule has 158 valence electrons. The fourth-order valence-electron chi connectivity index (χ4n) is 3.46. The van der Waals surface area contributed by atoms with Gasteiger partial charge < -0.3 is 14.5 Å². The first-order valence-electron chi connectivity index (χ1n) is 9.32. The van der Waals surface area contributed by atoms with Crippen molar-refractivity contribution in [3.63, 3.8) is 0 Å². The number of methoxy groups -OCH3 is 1. The van der Waals surface area contributed by atoms with E-state index in [-0.39, 0.29) is 12.1 Å². The van der Waals surface area contributed by atoms with Gasteiger partial charge in [0.25, 0.3) is 5.78 Å². The van der Waals surface area contributed by atoms with Crippen molar-refractivity contribution in [2.24, 2.45) is 0 Å². The number of rotatable bonds is 6. The van der Waals surface area contributed by atoms with Crippen LogP contribution >= 0.6 is 0 Å². The number of aromatic nitrogens is 5.